The van der Waals surface area contributed by atoms with Gasteiger partial charge in [0.1, 0.15) is 0 Å². The molecule has 0 aliphatic carbocycles. The Bertz CT molecular complexity index is 376. The lowest BCUT2D eigenvalue weighted by Gasteiger charge is -2.23. The van der Waals surface area contributed by atoms with Crippen LogP contribution in [0.1, 0.15) is 27.5 Å². The molecule has 0 bridgehead atoms. The van der Waals surface area contributed by atoms with Crippen LogP contribution < -0.4 is 5.73 Å². The zero-order valence-corrected chi connectivity index (χ0v) is 7.56. The summed E-state index contributed by atoms with van der Waals surface area (Å²) in [4.78, 5) is 10.9. The maximum absolute atomic E-state index is 10.9. The Morgan fingerprint density at radius 3 is 3.07 bits per heavy atom. The van der Waals surface area contributed by atoms with Crippen LogP contribution in [0.2, 0.25) is 0 Å². The summed E-state index contributed by atoms with van der Waals surface area (Å²) >= 11 is 0. The molecule has 2 rings (SSSR count). The molecule has 0 saturated carbocycles. The summed E-state index contributed by atoms with van der Waals surface area (Å²) in [7, 11) is 0. The highest BCUT2D eigenvalue weighted by molar-refractivity contribution is 5.89. The fourth-order valence-electron chi connectivity index (χ4n) is 1.69. The molecular weight excluding hydrogens is 182 g/mol. The van der Waals surface area contributed by atoms with E-state index >= 15 is 0 Å². The molecule has 0 unspecified atom stereocenters. The van der Waals surface area contributed by atoms with Crippen LogP contribution in [0.25, 0.3) is 0 Å². The van der Waals surface area contributed by atoms with E-state index in [1.54, 1.807) is 12.1 Å². The fraction of sp³-hybridized carbons (Fsp3) is 0.300. The smallest absolute Gasteiger partial charge is 0.336 e. The van der Waals surface area contributed by atoms with Gasteiger partial charge < -0.3 is 15.6 Å². The van der Waals surface area contributed by atoms with Crippen LogP contribution in [-0.4, -0.2) is 17.7 Å². The number of rotatable bonds is 1. The van der Waals surface area contributed by atoms with Crippen LogP contribution in [0.15, 0.2) is 18.2 Å². The highest BCUT2D eigenvalue weighted by Gasteiger charge is 2.21. The van der Waals surface area contributed by atoms with Crippen molar-refractivity contribution in [3.8, 4) is 0 Å². The van der Waals surface area contributed by atoms with E-state index in [-0.39, 0.29) is 11.6 Å². The predicted molar refractivity (Wildman–Crippen MR) is 50.0 cm³/mol. The van der Waals surface area contributed by atoms with Gasteiger partial charge in [-0.15, -0.1) is 0 Å². The van der Waals surface area contributed by atoms with Crippen LogP contribution in [0.5, 0.6) is 0 Å². The first-order chi connectivity index (χ1) is 6.70. The number of carboxylic acids is 1. The van der Waals surface area contributed by atoms with Crippen molar-refractivity contribution in [3.05, 3.63) is 34.9 Å². The summed E-state index contributed by atoms with van der Waals surface area (Å²) in [6, 6.07) is 4.93. The number of benzene rings is 1. The first-order valence-electron chi connectivity index (χ1n) is 4.38. The lowest BCUT2D eigenvalue weighted by molar-refractivity contribution is 0.0672. The minimum Gasteiger partial charge on any atom is -0.478 e. The van der Waals surface area contributed by atoms with Gasteiger partial charge in [0.25, 0.3) is 0 Å². The molecule has 1 aliphatic rings. The summed E-state index contributed by atoms with van der Waals surface area (Å²) in [5, 5.41) is 8.93. The third kappa shape index (κ3) is 1.38. The highest BCUT2D eigenvalue weighted by Crippen LogP contribution is 2.25. The molecule has 0 fully saturated rings. The van der Waals surface area contributed by atoms with Crippen LogP contribution in [0.4, 0.5) is 0 Å². The second-order valence-corrected chi connectivity index (χ2v) is 3.30. The number of aromatic carboxylic acids is 1. The summed E-state index contributed by atoms with van der Waals surface area (Å²) in [6.07, 6.45) is 0. The Balaban J connectivity index is 2.55. The number of nitrogens with two attached hydrogens (primary N) is 1. The normalized spacial score (nSPS) is 20.2. The molecule has 14 heavy (non-hydrogen) atoms. The second-order valence-electron chi connectivity index (χ2n) is 3.30. The van der Waals surface area contributed by atoms with Crippen molar-refractivity contribution >= 4 is 5.97 Å². The van der Waals surface area contributed by atoms with Gasteiger partial charge in [0.05, 0.1) is 24.8 Å². The summed E-state index contributed by atoms with van der Waals surface area (Å²) in [5.41, 5.74) is 7.68. The second kappa shape index (κ2) is 3.40. The molecule has 1 aliphatic heterocycles. The molecule has 0 saturated heterocycles. The Morgan fingerprint density at radius 2 is 2.36 bits per heavy atom. The van der Waals surface area contributed by atoms with Crippen molar-refractivity contribution in [3.63, 3.8) is 0 Å². The molecule has 4 nitrogen and oxygen atoms in total. The Hall–Kier alpha value is -1.39. The van der Waals surface area contributed by atoms with E-state index in [2.05, 4.69) is 0 Å². The monoisotopic (exact) mass is 193 g/mol. The van der Waals surface area contributed by atoms with Crippen molar-refractivity contribution in [1.82, 2.24) is 0 Å². The molecule has 74 valence electrons. The first kappa shape index (κ1) is 9.18. The zero-order valence-electron chi connectivity index (χ0n) is 7.56. The highest BCUT2D eigenvalue weighted by atomic mass is 16.5. The molecule has 1 heterocycles. The van der Waals surface area contributed by atoms with Crippen molar-refractivity contribution < 1.29 is 14.6 Å². The molecule has 0 aromatic heterocycles. The van der Waals surface area contributed by atoms with Crippen molar-refractivity contribution in [1.29, 1.82) is 0 Å². The van der Waals surface area contributed by atoms with Gasteiger partial charge >= 0.3 is 5.97 Å². The maximum Gasteiger partial charge on any atom is 0.336 e. The first-order valence-corrected chi connectivity index (χ1v) is 4.38. The number of hydrogen-bond acceptors (Lipinski definition) is 3. The molecule has 0 radical (unpaired) electrons. The number of fused-ring (bicyclic) bond motifs is 1. The standard InChI is InChI=1S/C10H11NO3/c11-9-5-14-4-8-6(9)2-1-3-7(8)10(12)13/h1-3,9H,4-5,11H2,(H,12,13)/t9-/m0/s1. The molecule has 3 N–H and O–H groups in total. The minimum absolute atomic E-state index is 0.210. The SMILES string of the molecule is N[C@H]1COCc2c(C(=O)O)cccc21. The van der Waals surface area contributed by atoms with Gasteiger partial charge in [-0.2, -0.15) is 0 Å². The van der Waals surface area contributed by atoms with Gasteiger partial charge in [0.2, 0.25) is 0 Å². The lowest BCUT2D eigenvalue weighted by Crippen LogP contribution is -2.25. The van der Waals surface area contributed by atoms with E-state index in [0.717, 1.165) is 5.56 Å². The summed E-state index contributed by atoms with van der Waals surface area (Å²) in [5.74, 6) is -0.931. The zero-order chi connectivity index (χ0) is 10.1. The van der Waals surface area contributed by atoms with E-state index < -0.39 is 5.97 Å². The van der Waals surface area contributed by atoms with E-state index in [4.69, 9.17) is 15.6 Å². The topological polar surface area (TPSA) is 72.5 Å². The summed E-state index contributed by atoms with van der Waals surface area (Å²) in [6.45, 7) is 0.793. The molecule has 0 amide bonds. The van der Waals surface area contributed by atoms with Crippen molar-refractivity contribution in [2.24, 2.45) is 5.73 Å². The van der Waals surface area contributed by atoms with Gasteiger partial charge in [-0.1, -0.05) is 12.1 Å². The lowest BCUT2D eigenvalue weighted by atomic mass is 9.95. The number of hydrogen-bond donors (Lipinski definition) is 2. The average molecular weight is 193 g/mol. The van der Waals surface area contributed by atoms with Gasteiger partial charge in [0, 0.05) is 0 Å². The van der Waals surface area contributed by atoms with Crippen LogP contribution >= 0.6 is 0 Å². The molecular formula is C10H11NO3. The van der Waals surface area contributed by atoms with Crippen LogP contribution in [0, 0.1) is 0 Å². The third-order valence-electron chi connectivity index (χ3n) is 2.39. The summed E-state index contributed by atoms with van der Waals surface area (Å²) < 4.78 is 5.21. The quantitative estimate of drug-likeness (QED) is 0.695. The van der Waals surface area contributed by atoms with Crippen molar-refractivity contribution in [2.45, 2.75) is 12.6 Å². The van der Waals surface area contributed by atoms with E-state index in [1.165, 1.54) is 0 Å². The van der Waals surface area contributed by atoms with Gasteiger partial charge in [-0.3, -0.25) is 0 Å². The van der Waals surface area contributed by atoms with Crippen molar-refractivity contribution in [2.75, 3.05) is 6.61 Å². The van der Waals surface area contributed by atoms with Crippen LogP contribution in [-0.2, 0) is 11.3 Å². The Kier molecular flexibility index (Phi) is 2.23. The van der Waals surface area contributed by atoms with E-state index in [0.29, 0.717) is 18.8 Å². The maximum atomic E-state index is 10.9. The number of carbonyl (C=O) groups is 1. The number of ether oxygens (including phenoxy) is 1. The average Bonchev–Trinajstić information content (AvgIpc) is 2.17. The Labute approximate surface area is 81.3 Å². The molecule has 1 aromatic rings. The van der Waals surface area contributed by atoms with Crippen LogP contribution in [0.3, 0.4) is 0 Å². The van der Waals surface area contributed by atoms with E-state index in [9.17, 15) is 4.79 Å². The number of carboxylic acid groups (broad SMARTS) is 1. The molecule has 0 spiro atoms. The predicted octanol–water partition coefficient (Wildman–Crippen LogP) is 0.915. The van der Waals surface area contributed by atoms with Gasteiger partial charge in [-0.05, 0) is 17.2 Å². The van der Waals surface area contributed by atoms with Gasteiger partial charge in [-0.25, -0.2) is 4.79 Å². The van der Waals surface area contributed by atoms with E-state index in [1.807, 2.05) is 6.07 Å². The molecule has 1 atom stereocenters. The third-order valence-corrected chi connectivity index (χ3v) is 2.39. The Morgan fingerprint density at radius 1 is 1.57 bits per heavy atom. The fourth-order valence-corrected chi connectivity index (χ4v) is 1.69. The largest absolute Gasteiger partial charge is 0.478 e. The minimum atomic E-state index is -0.931. The molecule has 4 heteroatoms. The molecule has 1 aromatic carbocycles. The van der Waals surface area contributed by atoms with Gasteiger partial charge in [0.15, 0.2) is 0 Å².